The van der Waals surface area contributed by atoms with Gasteiger partial charge < -0.3 is 5.73 Å². The van der Waals surface area contributed by atoms with Gasteiger partial charge in [-0.25, -0.2) is 13.4 Å². The summed E-state index contributed by atoms with van der Waals surface area (Å²) in [6.45, 7) is 2.21. The largest absolute Gasteiger partial charge is 0.330 e. The van der Waals surface area contributed by atoms with Crippen molar-refractivity contribution >= 4 is 38.0 Å². The second-order valence-corrected chi connectivity index (χ2v) is 7.34. The summed E-state index contributed by atoms with van der Waals surface area (Å²) >= 11 is 2.24. The fourth-order valence-electron chi connectivity index (χ4n) is 1.28. The second kappa shape index (κ2) is 5.31. The van der Waals surface area contributed by atoms with Crippen LogP contribution in [0.1, 0.15) is 10.7 Å². The molecule has 0 spiro atoms. The zero-order chi connectivity index (χ0) is 13.2. The maximum absolute atomic E-state index is 12.0. The second-order valence-electron chi connectivity index (χ2n) is 3.51. The maximum Gasteiger partial charge on any atom is 0.273 e. The molecule has 0 bridgehead atoms. The van der Waals surface area contributed by atoms with E-state index in [1.165, 1.54) is 11.3 Å². The molecule has 2 aromatic rings. The summed E-state index contributed by atoms with van der Waals surface area (Å²) in [7, 11) is -3.56. The van der Waals surface area contributed by atoms with E-state index in [2.05, 4.69) is 14.1 Å². The molecule has 0 atom stereocenters. The smallest absolute Gasteiger partial charge is 0.273 e. The molecule has 6 nitrogen and oxygen atoms in total. The average molecular weight is 304 g/mol. The van der Waals surface area contributed by atoms with Gasteiger partial charge in [0, 0.05) is 16.4 Å². The molecule has 2 heterocycles. The molecule has 3 N–H and O–H groups in total. The average Bonchev–Trinajstić information content (AvgIpc) is 2.88. The molecule has 2 rings (SSSR count). The van der Waals surface area contributed by atoms with E-state index < -0.39 is 10.0 Å². The summed E-state index contributed by atoms with van der Waals surface area (Å²) in [5.41, 5.74) is 5.43. The first-order valence-electron chi connectivity index (χ1n) is 5.13. The number of sulfonamides is 1. The van der Waals surface area contributed by atoms with Gasteiger partial charge in [0.2, 0.25) is 5.13 Å². The van der Waals surface area contributed by atoms with Crippen LogP contribution in [0.5, 0.6) is 0 Å². The molecule has 0 amide bonds. The number of nitrogens with zero attached hydrogens (tertiary/aromatic N) is 2. The molecule has 98 valence electrons. The number of hydrogen-bond acceptors (Lipinski definition) is 7. The predicted octanol–water partition coefficient (Wildman–Crippen LogP) is 1.21. The summed E-state index contributed by atoms with van der Waals surface area (Å²) in [4.78, 5) is 4.92. The van der Waals surface area contributed by atoms with Crippen LogP contribution >= 0.6 is 22.9 Å². The Morgan fingerprint density at radius 3 is 2.83 bits per heavy atom. The van der Waals surface area contributed by atoms with Crippen molar-refractivity contribution in [3.63, 3.8) is 0 Å². The predicted molar refractivity (Wildman–Crippen MR) is 72.5 cm³/mol. The SMILES string of the molecule is Cc1nsc(NS(=O)(=O)c2ccc(CCN)s2)n1. The lowest BCUT2D eigenvalue weighted by Gasteiger charge is -2.00. The monoisotopic (exact) mass is 304 g/mol. The third kappa shape index (κ3) is 3.05. The summed E-state index contributed by atoms with van der Waals surface area (Å²) in [5, 5.41) is 0.279. The van der Waals surface area contributed by atoms with Gasteiger partial charge in [-0.05, 0) is 32.0 Å². The van der Waals surface area contributed by atoms with Gasteiger partial charge in [0.15, 0.2) is 0 Å². The van der Waals surface area contributed by atoms with Gasteiger partial charge in [0.25, 0.3) is 10.0 Å². The zero-order valence-corrected chi connectivity index (χ0v) is 12.0. The first-order chi connectivity index (χ1) is 8.51. The van der Waals surface area contributed by atoms with Crippen molar-refractivity contribution in [3.8, 4) is 0 Å². The summed E-state index contributed by atoms with van der Waals surface area (Å²) in [5.74, 6) is 0.549. The van der Waals surface area contributed by atoms with Crippen molar-refractivity contribution < 1.29 is 8.42 Å². The van der Waals surface area contributed by atoms with Crippen LogP contribution in [0.4, 0.5) is 5.13 Å². The van der Waals surface area contributed by atoms with E-state index in [1.807, 2.05) is 0 Å². The first-order valence-corrected chi connectivity index (χ1v) is 8.20. The lowest BCUT2D eigenvalue weighted by Crippen LogP contribution is -2.11. The van der Waals surface area contributed by atoms with Crippen molar-refractivity contribution in [2.75, 3.05) is 11.3 Å². The minimum atomic E-state index is -3.56. The van der Waals surface area contributed by atoms with E-state index in [0.29, 0.717) is 18.8 Å². The van der Waals surface area contributed by atoms with Crippen LogP contribution in [0.2, 0.25) is 0 Å². The molecule has 0 aliphatic heterocycles. The summed E-state index contributed by atoms with van der Waals surface area (Å²) < 4.78 is 30.7. The van der Waals surface area contributed by atoms with Gasteiger partial charge in [-0.3, -0.25) is 4.72 Å². The number of nitrogens with two attached hydrogens (primary N) is 1. The highest BCUT2D eigenvalue weighted by Crippen LogP contribution is 2.24. The van der Waals surface area contributed by atoms with Crippen LogP contribution in [0, 0.1) is 6.92 Å². The van der Waals surface area contributed by atoms with Crippen LogP contribution in [0.3, 0.4) is 0 Å². The number of anilines is 1. The van der Waals surface area contributed by atoms with E-state index in [1.54, 1.807) is 19.1 Å². The Bertz CT molecular complexity index is 632. The van der Waals surface area contributed by atoms with Gasteiger partial charge in [0.05, 0.1) is 0 Å². The third-order valence-electron chi connectivity index (χ3n) is 2.04. The van der Waals surface area contributed by atoms with Gasteiger partial charge in [-0.1, -0.05) is 0 Å². The minimum absolute atomic E-state index is 0.263. The molecule has 2 aromatic heterocycles. The highest BCUT2D eigenvalue weighted by Gasteiger charge is 2.18. The van der Waals surface area contributed by atoms with E-state index >= 15 is 0 Å². The van der Waals surface area contributed by atoms with Crippen LogP contribution in [-0.2, 0) is 16.4 Å². The van der Waals surface area contributed by atoms with Gasteiger partial charge >= 0.3 is 0 Å². The number of rotatable bonds is 5. The Kier molecular flexibility index (Phi) is 3.95. The molecule has 9 heteroatoms. The Morgan fingerprint density at radius 1 is 1.44 bits per heavy atom. The van der Waals surface area contributed by atoms with E-state index in [0.717, 1.165) is 16.4 Å². The molecular weight excluding hydrogens is 292 g/mol. The van der Waals surface area contributed by atoms with E-state index in [9.17, 15) is 8.42 Å². The molecule has 0 unspecified atom stereocenters. The number of aryl methyl sites for hydroxylation is 1. The Hall–Kier alpha value is -1.03. The Labute approximate surface area is 113 Å². The van der Waals surface area contributed by atoms with Crippen molar-refractivity contribution in [2.45, 2.75) is 17.6 Å². The number of hydrogen-bond donors (Lipinski definition) is 2. The van der Waals surface area contributed by atoms with Gasteiger partial charge in [0.1, 0.15) is 10.0 Å². The minimum Gasteiger partial charge on any atom is -0.330 e. The standard InChI is InChI=1S/C9H12N4O2S3/c1-6-11-9(17-12-6)13-18(14,15)8-3-2-7(16-8)4-5-10/h2-3H,4-5,10H2,1H3,(H,11,12,13). The molecule has 0 radical (unpaired) electrons. The van der Waals surface area contributed by atoms with Gasteiger partial charge in [-0.2, -0.15) is 4.37 Å². The van der Waals surface area contributed by atoms with Crippen LogP contribution < -0.4 is 10.5 Å². The number of thiophene rings is 1. The van der Waals surface area contributed by atoms with Crippen molar-refractivity contribution in [1.82, 2.24) is 9.36 Å². The molecule has 0 aliphatic rings. The molecule has 0 saturated heterocycles. The fourth-order valence-corrected chi connectivity index (χ4v) is 4.45. The lowest BCUT2D eigenvalue weighted by molar-refractivity contribution is 0.603. The highest BCUT2D eigenvalue weighted by molar-refractivity contribution is 7.94. The van der Waals surface area contributed by atoms with Crippen molar-refractivity contribution in [3.05, 3.63) is 22.8 Å². The zero-order valence-electron chi connectivity index (χ0n) is 9.58. The van der Waals surface area contributed by atoms with Crippen LogP contribution in [0.15, 0.2) is 16.3 Å². The molecule has 0 aliphatic carbocycles. The summed E-state index contributed by atoms with van der Waals surface area (Å²) in [6.07, 6.45) is 0.679. The molecule has 0 saturated carbocycles. The molecule has 18 heavy (non-hydrogen) atoms. The highest BCUT2D eigenvalue weighted by atomic mass is 32.2. The Morgan fingerprint density at radius 2 is 2.22 bits per heavy atom. The van der Waals surface area contributed by atoms with Gasteiger partial charge in [-0.15, -0.1) is 11.3 Å². The van der Waals surface area contributed by atoms with E-state index in [4.69, 9.17) is 5.73 Å². The third-order valence-corrected chi connectivity index (χ3v) is 5.87. The molecular formula is C9H12N4O2S3. The topological polar surface area (TPSA) is 98.0 Å². The van der Waals surface area contributed by atoms with Crippen LogP contribution in [-0.4, -0.2) is 24.3 Å². The number of nitrogens with one attached hydrogen (secondary N) is 1. The summed E-state index contributed by atoms with van der Waals surface area (Å²) in [6, 6.07) is 3.35. The normalized spacial score (nSPS) is 11.7. The molecule has 0 aromatic carbocycles. The Balaban J connectivity index is 2.19. The van der Waals surface area contributed by atoms with E-state index in [-0.39, 0.29) is 9.34 Å². The lowest BCUT2D eigenvalue weighted by atomic mass is 10.3. The van der Waals surface area contributed by atoms with Crippen LogP contribution in [0.25, 0.3) is 0 Å². The number of aromatic nitrogens is 2. The van der Waals surface area contributed by atoms with Crippen molar-refractivity contribution in [2.24, 2.45) is 5.73 Å². The van der Waals surface area contributed by atoms with Crippen molar-refractivity contribution in [1.29, 1.82) is 0 Å². The fraction of sp³-hybridized carbons (Fsp3) is 0.333. The molecule has 0 fully saturated rings. The first kappa shape index (κ1) is 13.4. The maximum atomic E-state index is 12.0. The quantitative estimate of drug-likeness (QED) is 0.865.